The Hall–Kier alpha value is -3.02. The van der Waals surface area contributed by atoms with Crippen molar-refractivity contribution in [2.24, 2.45) is 0 Å². The van der Waals surface area contributed by atoms with Crippen LogP contribution in [0.2, 0.25) is 0 Å². The molecule has 3 aromatic heterocycles. The van der Waals surface area contributed by atoms with E-state index in [2.05, 4.69) is 20.3 Å². The van der Waals surface area contributed by atoms with Gasteiger partial charge in [0.25, 0.3) is 0 Å². The number of pyridine rings is 1. The number of hydrogen-bond acceptors (Lipinski definition) is 5. The minimum absolute atomic E-state index is 0.180. The van der Waals surface area contributed by atoms with E-state index >= 15 is 0 Å². The van der Waals surface area contributed by atoms with Gasteiger partial charge in [-0.3, -0.25) is 14.8 Å². The van der Waals surface area contributed by atoms with Crippen molar-refractivity contribution in [2.45, 2.75) is 6.92 Å². The molecule has 6 heteroatoms. The van der Waals surface area contributed by atoms with Crippen LogP contribution in [0.25, 0.3) is 22.7 Å². The van der Waals surface area contributed by atoms with Crippen LogP contribution < -0.4 is 5.32 Å². The summed E-state index contributed by atoms with van der Waals surface area (Å²) < 4.78 is 5.33. The molecule has 0 spiro atoms. The van der Waals surface area contributed by atoms with Crippen LogP contribution in [-0.4, -0.2) is 20.9 Å². The second kappa shape index (κ2) is 5.54. The van der Waals surface area contributed by atoms with E-state index in [4.69, 9.17) is 4.42 Å². The first kappa shape index (κ1) is 13.0. The third-order valence-corrected chi connectivity index (χ3v) is 2.79. The fourth-order valence-corrected chi connectivity index (χ4v) is 1.87. The van der Waals surface area contributed by atoms with Crippen molar-refractivity contribution < 1.29 is 9.21 Å². The van der Waals surface area contributed by atoms with Gasteiger partial charge in [0.15, 0.2) is 11.6 Å². The molecule has 0 aliphatic rings. The highest BCUT2D eigenvalue weighted by atomic mass is 16.3. The van der Waals surface area contributed by atoms with Crippen molar-refractivity contribution in [3.8, 4) is 22.7 Å². The summed E-state index contributed by atoms with van der Waals surface area (Å²) in [5.74, 6) is 0.937. The van der Waals surface area contributed by atoms with Gasteiger partial charge in [-0.25, -0.2) is 4.98 Å². The maximum Gasteiger partial charge on any atom is 0.222 e. The topological polar surface area (TPSA) is 80.9 Å². The molecule has 0 fully saturated rings. The molecule has 0 atom stereocenters. The molecule has 0 unspecified atom stereocenters. The largest absolute Gasteiger partial charge is 0.463 e. The second-order valence-corrected chi connectivity index (χ2v) is 4.38. The molecule has 0 aromatic carbocycles. The molecule has 6 nitrogen and oxygen atoms in total. The number of hydrogen-bond donors (Lipinski definition) is 1. The van der Waals surface area contributed by atoms with E-state index in [9.17, 15) is 4.79 Å². The number of carbonyl (C=O) groups excluding carboxylic acids is 1. The average Bonchev–Trinajstić information content (AvgIpc) is 3.02. The van der Waals surface area contributed by atoms with Gasteiger partial charge in [0.2, 0.25) is 5.91 Å². The summed E-state index contributed by atoms with van der Waals surface area (Å²) in [5, 5.41) is 2.58. The number of nitrogens with zero attached hydrogens (tertiary/aromatic N) is 3. The minimum atomic E-state index is -0.180. The third-order valence-electron chi connectivity index (χ3n) is 2.79. The summed E-state index contributed by atoms with van der Waals surface area (Å²) in [6, 6.07) is 7.37. The Bertz CT molecular complexity index is 752. The molecule has 0 aliphatic heterocycles. The lowest BCUT2D eigenvalue weighted by molar-refractivity contribution is -0.114. The van der Waals surface area contributed by atoms with Crippen LogP contribution in [0.15, 0.2) is 53.5 Å². The van der Waals surface area contributed by atoms with Crippen LogP contribution >= 0.6 is 0 Å². The highest BCUT2D eigenvalue weighted by Crippen LogP contribution is 2.23. The Morgan fingerprint density at radius 2 is 2.05 bits per heavy atom. The minimum Gasteiger partial charge on any atom is -0.463 e. The van der Waals surface area contributed by atoms with Gasteiger partial charge in [0.05, 0.1) is 24.4 Å². The lowest BCUT2D eigenvalue weighted by atomic mass is 10.1. The predicted molar refractivity (Wildman–Crippen MR) is 77.3 cm³/mol. The first-order chi connectivity index (χ1) is 10.2. The van der Waals surface area contributed by atoms with Crippen molar-refractivity contribution in [3.63, 3.8) is 0 Å². The lowest BCUT2D eigenvalue weighted by Crippen LogP contribution is -2.07. The fraction of sp³-hybridized carbons (Fsp3) is 0.0667. The van der Waals surface area contributed by atoms with Gasteiger partial charge in [0, 0.05) is 18.7 Å². The van der Waals surface area contributed by atoms with Crippen molar-refractivity contribution in [1.82, 2.24) is 15.0 Å². The third kappa shape index (κ3) is 2.94. The molecule has 3 heterocycles. The molecular weight excluding hydrogens is 268 g/mol. The summed E-state index contributed by atoms with van der Waals surface area (Å²) in [5.41, 5.74) is 2.29. The van der Waals surface area contributed by atoms with Gasteiger partial charge in [0.1, 0.15) is 5.69 Å². The summed E-state index contributed by atoms with van der Waals surface area (Å²) in [4.78, 5) is 23.7. The Morgan fingerprint density at radius 3 is 2.71 bits per heavy atom. The molecular formula is C15H12N4O2. The van der Waals surface area contributed by atoms with E-state index in [0.29, 0.717) is 17.3 Å². The SMILES string of the molecule is CC(=O)Nc1cnc(-c2ccnc(-c3ccco3)c2)cn1. The zero-order chi connectivity index (χ0) is 14.7. The molecule has 0 radical (unpaired) electrons. The van der Waals surface area contributed by atoms with Gasteiger partial charge < -0.3 is 9.73 Å². The fourth-order valence-electron chi connectivity index (χ4n) is 1.87. The number of nitrogens with one attached hydrogen (secondary N) is 1. The molecule has 0 saturated carbocycles. The summed E-state index contributed by atoms with van der Waals surface area (Å²) >= 11 is 0. The maximum absolute atomic E-state index is 10.9. The Morgan fingerprint density at radius 1 is 1.14 bits per heavy atom. The van der Waals surface area contributed by atoms with E-state index in [1.807, 2.05) is 24.3 Å². The average molecular weight is 280 g/mol. The first-order valence-electron chi connectivity index (χ1n) is 6.32. The zero-order valence-corrected chi connectivity index (χ0v) is 11.3. The Balaban J connectivity index is 1.90. The molecule has 0 saturated heterocycles. The second-order valence-electron chi connectivity index (χ2n) is 4.38. The van der Waals surface area contributed by atoms with Gasteiger partial charge in [-0.2, -0.15) is 0 Å². The van der Waals surface area contributed by atoms with E-state index in [-0.39, 0.29) is 5.91 Å². The van der Waals surface area contributed by atoms with Gasteiger partial charge >= 0.3 is 0 Å². The van der Waals surface area contributed by atoms with E-state index < -0.39 is 0 Å². The van der Waals surface area contributed by atoms with Gasteiger partial charge in [-0.15, -0.1) is 0 Å². The normalized spacial score (nSPS) is 10.3. The zero-order valence-electron chi connectivity index (χ0n) is 11.3. The highest BCUT2D eigenvalue weighted by Gasteiger charge is 2.06. The molecule has 21 heavy (non-hydrogen) atoms. The molecule has 0 aliphatic carbocycles. The monoisotopic (exact) mass is 280 g/mol. The molecule has 0 bridgehead atoms. The Kier molecular flexibility index (Phi) is 3.42. The highest BCUT2D eigenvalue weighted by molar-refractivity contribution is 5.87. The number of carbonyl (C=O) groups is 1. The molecule has 3 aromatic rings. The quantitative estimate of drug-likeness (QED) is 0.797. The van der Waals surface area contributed by atoms with Crippen LogP contribution in [0.3, 0.4) is 0 Å². The lowest BCUT2D eigenvalue weighted by Gasteiger charge is -2.04. The standard InChI is InChI=1S/C15H12N4O2/c1-10(20)19-15-9-17-13(8-18-15)11-4-5-16-12(7-11)14-3-2-6-21-14/h2-9H,1H3,(H,18,19,20). The Labute approximate surface area is 120 Å². The van der Waals surface area contributed by atoms with Crippen LogP contribution in [-0.2, 0) is 4.79 Å². The van der Waals surface area contributed by atoms with Crippen molar-refractivity contribution in [1.29, 1.82) is 0 Å². The van der Waals surface area contributed by atoms with Gasteiger partial charge in [-0.1, -0.05) is 0 Å². The number of rotatable bonds is 3. The van der Waals surface area contributed by atoms with Crippen LogP contribution in [0.4, 0.5) is 5.82 Å². The van der Waals surface area contributed by atoms with E-state index in [1.54, 1.807) is 18.7 Å². The van der Waals surface area contributed by atoms with Crippen LogP contribution in [0, 0.1) is 0 Å². The predicted octanol–water partition coefficient (Wildman–Crippen LogP) is 2.76. The molecule has 3 rings (SSSR count). The van der Waals surface area contributed by atoms with E-state index in [1.165, 1.54) is 13.1 Å². The first-order valence-corrected chi connectivity index (χ1v) is 6.32. The van der Waals surface area contributed by atoms with Crippen molar-refractivity contribution in [2.75, 3.05) is 5.32 Å². The number of anilines is 1. The molecule has 1 N–H and O–H groups in total. The van der Waals surface area contributed by atoms with Crippen molar-refractivity contribution >= 4 is 11.7 Å². The molecule has 104 valence electrons. The van der Waals surface area contributed by atoms with Crippen molar-refractivity contribution in [3.05, 3.63) is 49.1 Å². The summed E-state index contributed by atoms with van der Waals surface area (Å²) in [6.45, 7) is 1.42. The summed E-state index contributed by atoms with van der Waals surface area (Å²) in [7, 11) is 0. The maximum atomic E-state index is 10.9. The smallest absolute Gasteiger partial charge is 0.222 e. The molecule has 1 amide bonds. The van der Waals surface area contributed by atoms with E-state index in [0.717, 1.165) is 11.3 Å². The van der Waals surface area contributed by atoms with Crippen LogP contribution in [0.1, 0.15) is 6.92 Å². The number of aromatic nitrogens is 3. The number of furan rings is 1. The van der Waals surface area contributed by atoms with Gasteiger partial charge in [-0.05, 0) is 24.3 Å². The van der Waals surface area contributed by atoms with Crippen LogP contribution in [0.5, 0.6) is 0 Å². The number of amides is 1. The summed E-state index contributed by atoms with van der Waals surface area (Å²) in [6.07, 6.45) is 6.42.